The minimum atomic E-state index is 0. The fourth-order valence-corrected chi connectivity index (χ4v) is 2.20. The Hall–Kier alpha value is -0.540. The van der Waals surface area contributed by atoms with Crippen LogP contribution in [-0.2, 0) is 4.79 Å². The average molecular weight is 259 g/mol. The molecule has 0 atom stereocenters. The molecule has 0 radical (unpaired) electrons. The molecule has 0 unspecified atom stereocenters. The fourth-order valence-electron chi connectivity index (χ4n) is 2.20. The minimum Gasteiger partial charge on any atom is -0.342 e. The second-order valence-corrected chi connectivity index (χ2v) is 5.03. The maximum Gasteiger partial charge on any atom is 0.236 e. The smallest absolute Gasteiger partial charge is 0.236 e. The molecule has 98 valence electrons. The summed E-state index contributed by atoms with van der Waals surface area (Å²) in [6.07, 6.45) is 6.86. The quantitative estimate of drug-likeness (QED) is 0.764. The van der Waals surface area contributed by atoms with Crippen molar-refractivity contribution < 1.29 is 4.79 Å². The molecule has 0 aromatic heterocycles. The van der Waals surface area contributed by atoms with Gasteiger partial charge in [0.2, 0.25) is 5.91 Å². The van der Waals surface area contributed by atoms with Crippen molar-refractivity contribution in [3.63, 3.8) is 0 Å². The Balaban J connectivity index is 0.00000144. The number of piperidine rings is 1. The number of carbonyl (C=O) groups excluding carboxylic acids is 1. The summed E-state index contributed by atoms with van der Waals surface area (Å²) >= 11 is 0. The highest BCUT2D eigenvalue weighted by Crippen LogP contribution is 2.27. The Bertz CT molecular complexity index is 258. The van der Waals surface area contributed by atoms with Crippen molar-refractivity contribution in [1.29, 1.82) is 0 Å². The highest BCUT2D eigenvalue weighted by Gasteiger charge is 2.23. The van der Waals surface area contributed by atoms with Crippen LogP contribution in [0.15, 0.2) is 12.7 Å². The normalized spacial score (nSPS) is 20.8. The molecular formula is C13H23ClN2O. The monoisotopic (exact) mass is 258 g/mol. The second-order valence-electron chi connectivity index (χ2n) is 5.03. The maximum absolute atomic E-state index is 11.8. The lowest BCUT2D eigenvalue weighted by Crippen LogP contribution is -2.43. The molecule has 3 nitrogen and oxygen atoms in total. The summed E-state index contributed by atoms with van der Waals surface area (Å²) in [6, 6.07) is 0. The van der Waals surface area contributed by atoms with E-state index >= 15 is 0 Å². The van der Waals surface area contributed by atoms with Crippen LogP contribution < -0.4 is 5.32 Å². The summed E-state index contributed by atoms with van der Waals surface area (Å²) in [5.74, 6) is 1.73. The van der Waals surface area contributed by atoms with Gasteiger partial charge in [-0.1, -0.05) is 6.08 Å². The molecule has 2 rings (SSSR count). The molecular weight excluding hydrogens is 236 g/mol. The summed E-state index contributed by atoms with van der Waals surface area (Å²) in [5.41, 5.74) is 0. The van der Waals surface area contributed by atoms with Crippen LogP contribution in [0.4, 0.5) is 0 Å². The zero-order chi connectivity index (χ0) is 11.4. The first kappa shape index (κ1) is 14.5. The number of hydrogen-bond acceptors (Lipinski definition) is 2. The molecule has 0 bridgehead atoms. The SMILES string of the molecule is C=CC1CCN(C(=O)CNCC2CC2)CC1.Cl. The number of likely N-dealkylation sites (tertiary alicyclic amines) is 1. The van der Waals surface area contributed by atoms with Crippen molar-refractivity contribution in [2.24, 2.45) is 11.8 Å². The van der Waals surface area contributed by atoms with E-state index in [0.717, 1.165) is 38.4 Å². The predicted molar refractivity (Wildman–Crippen MR) is 72.3 cm³/mol. The van der Waals surface area contributed by atoms with Gasteiger partial charge in [0.25, 0.3) is 0 Å². The molecule has 1 saturated heterocycles. The van der Waals surface area contributed by atoms with Crippen molar-refractivity contribution in [2.75, 3.05) is 26.2 Å². The third-order valence-electron chi connectivity index (χ3n) is 3.63. The first-order chi connectivity index (χ1) is 7.79. The van der Waals surface area contributed by atoms with E-state index in [0.29, 0.717) is 12.5 Å². The maximum atomic E-state index is 11.8. The Morgan fingerprint density at radius 2 is 1.94 bits per heavy atom. The van der Waals surface area contributed by atoms with E-state index < -0.39 is 0 Å². The summed E-state index contributed by atoms with van der Waals surface area (Å²) in [7, 11) is 0. The van der Waals surface area contributed by atoms with Crippen LogP contribution in [0, 0.1) is 11.8 Å². The van der Waals surface area contributed by atoms with E-state index in [4.69, 9.17) is 0 Å². The average Bonchev–Trinajstić information content (AvgIpc) is 3.13. The zero-order valence-electron chi connectivity index (χ0n) is 10.4. The van der Waals surface area contributed by atoms with Gasteiger partial charge in [0.05, 0.1) is 6.54 Å². The van der Waals surface area contributed by atoms with E-state index in [-0.39, 0.29) is 18.3 Å². The summed E-state index contributed by atoms with van der Waals surface area (Å²) in [5, 5.41) is 3.26. The molecule has 2 aliphatic rings. The standard InChI is InChI=1S/C13H22N2O.ClH/c1-2-11-5-7-15(8-6-11)13(16)10-14-9-12-3-4-12;/h2,11-12,14H,1,3-10H2;1H. The number of rotatable bonds is 5. The molecule has 1 aliphatic carbocycles. The van der Waals surface area contributed by atoms with Crippen molar-refractivity contribution in [2.45, 2.75) is 25.7 Å². The van der Waals surface area contributed by atoms with Gasteiger partial charge in [-0.05, 0) is 44.1 Å². The van der Waals surface area contributed by atoms with E-state index in [2.05, 4.69) is 11.9 Å². The molecule has 0 spiro atoms. The molecule has 4 heteroatoms. The van der Waals surface area contributed by atoms with Gasteiger partial charge in [-0.2, -0.15) is 0 Å². The number of halogens is 1. The summed E-state index contributed by atoms with van der Waals surface area (Å²) in [4.78, 5) is 13.8. The minimum absolute atomic E-state index is 0. The molecule has 1 N–H and O–H groups in total. The van der Waals surface area contributed by atoms with Gasteiger partial charge in [0.15, 0.2) is 0 Å². The van der Waals surface area contributed by atoms with Gasteiger partial charge in [0, 0.05) is 13.1 Å². The van der Waals surface area contributed by atoms with E-state index in [9.17, 15) is 4.79 Å². The molecule has 1 heterocycles. The molecule has 0 aromatic rings. The van der Waals surface area contributed by atoms with E-state index in [1.54, 1.807) is 0 Å². The van der Waals surface area contributed by atoms with E-state index in [1.165, 1.54) is 12.8 Å². The number of carbonyl (C=O) groups is 1. The molecule has 1 amide bonds. The van der Waals surface area contributed by atoms with Gasteiger partial charge < -0.3 is 10.2 Å². The highest BCUT2D eigenvalue weighted by molar-refractivity contribution is 5.85. The van der Waals surface area contributed by atoms with Gasteiger partial charge >= 0.3 is 0 Å². The Kier molecular flexibility index (Phi) is 6.00. The van der Waals surface area contributed by atoms with Gasteiger partial charge in [0.1, 0.15) is 0 Å². The third kappa shape index (κ3) is 4.68. The largest absolute Gasteiger partial charge is 0.342 e. The fraction of sp³-hybridized carbons (Fsp3) is 0.769. The van der Waals surface area contributed by atoms with Crippen LogP contribution in [0.2, 0.25) is 0 Å². The Labute approximate surface area is 110 Å². The predicted octanol–water partition coefficient (Wildman–Crippen LogP) is 1.83. The lowest BCUT2D eigenvalue weighted by molar-refractivity contribution is -0.131. The first-order valence-corrected chi connectivity index (χ1v) is 6.40. The number of allylic oxidation sites excluding steroid dienone is 1. The number of amides is 1. The second kappa shape index (κ2) is 7.02. The lowest BCUT2D eigenvalue weighted by Gasteiger charge is -2.30. The van der Waals surface area contributed by atoms with Crippen molar-refractivity contribution in [3.05, 3.63) is 12.7 Å². The highest BCUT2D eigenvalue weighted by atomic mass is 35.5. The lowest BCUT2D eigenvalue weighted by atomic mass is 9.97. The topological polar surface area (TPSA) is 32.3 Å². The van der Waals surface area contributed by atoms with Crippen molar-refractivity contribution in [1.82, 2.24) is 10.2 Å². The van der Waals surface area contributed by atoms with Crippen molar-refractivity contribution in [3.8, 4) is 0 Å². The van der Waals surface area contributed by atoms with Crippen LogP contribution in [0.3, 0.4) is 0 Å². The zero-order valence-corrected chi connectivity index (χ0v) is 11.2. The van der Waals surface area contributed by atoms with Gasteiger partial charge in [-0.3, -0.25) is 4.79 Å². The molecule has 1 saturated carbocycles. The van der Waals surface area contributed by atoms with Gasteiger partial charge in [-0.25, -0.2) is 0 Å². The Morgan fingerprint density at radius 3 is 2.47 bits per heavy atom. The van der Waals surface area contributed by atoms with Crippen LogP contribution in [0.1, 0.15) is 25.7 Å². The number of nitrogens with one attached hydrogen (secondary N) is 1. The summed E-state index contributed by atoms with van der Waals surface area (Å²) in [6.45, 7) is 7.17. The molecule has 2 fully saturated rings. The van der Waals surface area contributed by atoms with Crippen molar-refractivity contribution >= 4 is 18.3 Å². The summed E-state index contributed by atoms with van der Waals surface area (Å²) < 4.78 is 0. The third-order valence-corrected chi connectivity index (χ3v) is 3.63. The molecule has 1 aliphatic heterocycles. The molecule has 17 heavy (non-hydrogen) atoms. The Morgan fingerprint density at radius 1 is 1.29 bits per heavy atom. The van der Waals surface area contributed by atoms with Crippen LogP contribution in [0.5, 0.6) is 0 Å². The van der Waals surface area contributed by atoms with Crippen LogP contribution in [0.25, 0.3) is 0 Å². The first-order valence-electron chi connectivity index (χ1n) is 6.40. The number of nitrogens with zero attached hydrogens (tertiary/aromatic N) is 1. The van der Waals surface area contributed by atoms with Gasteiger partial charge in [-0.15, -0.1) is 19.0 Å². The number of hydrogen-bond donors (Lipinski definition) is 1. The molecule has 0 aromatic carbocycles. The van der Waals surface area contributed by atoms with Crippen LogP contribution in [-0.4, -0.2) is 37.0 Å². The van der Waals surface area contributed by atoms with E-state index in [1.807, 2.05) is 11.0 Å². The van der Waals surface area contributed by atoms with Crippen LogP contribution >= 0.6 is 12.4 Å².